The van der Waals surface area contributed by atoms with E-state index in [4.69, 9.17) is 11.6 Å². The second-order valence-corrected chi connectivity index (χ2v) is 3.26. The molecular formula is C10H13Cl. The van der Waals surface area contributed by atoms with E-state index in [0.717, 1.165) is 11.4 Å². The minimum absolute atomic E-state index is 0.836. The van der Waals surface area contributed by atoms with E-state index >= 15 is 0 Å². The number of hydrogen-bond acceptors (Lipinski definition) is 0. The third kappa shape index (κ3) is 2.23. The molecule has 0 heterocycles. The molecule has 0 nitrogen and oxygen atoms in total. The molecule has 0 aliphatic rings. The maximum absolute atomic E-state index is 5.82. The average Bonchev–Trinajstić information content (AvgIpc) is 1.95. The fraction of sp³-hybridized carbons (Fsp3) is 0.400. The van der Waals surface area contributed by atoms with Crippen molar-refractivity contribution < 1.29 is 0 Å². The lowest BCUT2D eigenvalue weighted by atomic mass is 10.1. The number of aryl methyl sites for hydroxylation is 2. The fourth-order valence-electron chi connectivity index (χ4n) is 1.21. The Morgan fingerprint density at radius 1 is 1.36 bits per heavy atom. The summed E-state index contributed by atoms with van der Waals surface area (Å²) in [5.74, 6) is 0. The molecule has 0 radical (unpaired) electrons. The van der Waals surface area contributed by atoms with Gasteiger partial charge in [-0.05, 0) is 36.6 Å². The molecule has 0 aromatic heterocycles. The Bertz CT molecular complexity index is 241. The summed E-state index contributed by atoms with van der Waals surface area (Å²) >= 11 is 5.82. The Morgan fingerprint density at radius 2 is 2.09 bits per heavy atom. The van der Waals surface area contributed by atoms with Crippen molar-refractivity contribution in [2.75, 3.05) is 0 Å². The summed E-state index contributed by atoms with van der Waals surface area (Å²) in [6.07, 6.45) is 2.35. The van der Waals surface area contributed by atoms with Gasteiger partial charge in [-0.2, -0.15) is 0 Å². The van der Waals surface area contributed by atoms with Crippen LogP contribution in [0.2, 0.25) is 5.02 Å². The minimum Gasteiger partial charge on any atom is -0.0843 e. The Kier molecular flexibility index (Phi) is 2.95. The fourth-order valence-corrected chi connectivity index (χ4v) is 1.44. The lowest BCUT2D eigenvalue weighted by Crippen LogP contribution is -1.87. The largest absolute Gasteiger partial charge is 0.0843 e. The van der Waals surface area contributed by atoms with Crippen LogP contribution >= 0.6 is 11.6 Å². The maximum Gasteiger partial charge on any atom is 0.0408 e. The van der Waals surface area contributed by atoms with E-state index in [0.29, 0.717) is 0 Å². The topological polar surface area (TPSA) is 0 Å². The van der Waals surface area contributed by atoms with E-state index in [9.17, 15) is 0 Å². The van der Waals surface area contributed by atoms with Crippen LogP contribution < -0.4 is 0 Å². The summed E-state index contributed by atoms with van der Waals surface area (Å²) in [6, 6.07) is 6.09. The van der Waals surface area contributed by atoms with Gasteiger partial charge in [-0.3, -0.25) is 0 Å². The first-order valence-corrected chi connectivity index (χ1v) is 4.37. The quantitative estimate of drug-likeness (QED) is 0.633. The predicted molar refractivity (Wildman–Crippen MR) is 50.2 cm³/mol. The summed E-state index contributed by atoms with van der Waals surface area (Å²) in [6.45, 7) is 4.30. The number of rotatable bonds is 2. The highest BCUT2D eigenvalue weighted by Gasteiger charge is 1.96. The first-order chi connectivity index (χ1) is 5.24. The average molecular weight is 169 g/mol. The van der Waals surface area contributed by atoms with Crippen molar-refractivity contribution in [1.82, 2.24) is 0 Å². The van der Waals surface area contributed by atoms with Crippen LogP contribution in [-0.2, 0) is 6.42 Å². The third-order valence-corrected chi connectivity index (χ3v) is 2.06. The molecule has 0 unspecified atom stereocenters. The lowest BCUT2D eigenvalue weighted by Gasteiger charge is -2.03. The zero-order valence-corrected chi connectivity index (χ0v) is 7.78. The molecule has 1 rings (SSSR count). The van der Waals surface area contributed by atoms with Crippen molar-refractivity contribution in [2.45, 2.75) is 26.7 Å². The number of benzene rings is 1. The molecule has 0 aliphatic carbocycles. The van der Waals surface area contributed by atoms with Crippen LogP contribution in [0.15, 0.2) is 18.2 Å². The molecule has 0 bridgehead atoms. The first kappa shape index (κ1) is 8.61. The van der Waals surface area contributed by atoms with Gasteiger partial charge in [0, 0.05) is 5.02 Å². The van der Waals surface area contributed by atoms with Crippen molar-refractivity contribution in [1.29, 1.82) is 0 Å². The highest BCUT2D eigenvalue weighted by Crippen LogP contribution is 2.16. The molecule has 0 saturated heterocycles. The van der Waals surface area contributed by atoms with E-state index < -0.39 is 0 Å². The van der Waals surface area contributed by atoms with Gasteiger partial charge in [0.25, 0.3) is 0 Å². The molecule has 0 N–H and O–H groups in total. The van der Waals surface area contributed by atoms with Crippen molar-refractivity contribution in [3.05, 3.63) is 34.3 Å². The van der Waals surface area contributed by atoms with Crippen molar-refractivity contribution in [2.24, 2.45) is 0 Å². The van der Waals surface area contributed by atoms with E-state index in [-0.39, 0.29) is 0 Å². The first-order valence-electron chi connectivity index (χ1n) is 3.99. The van der Waals surface area contributed by atoms with Gasteiger partial charge in [-0.25, -0.2) is 0 Å². The summed E-state index contributed by atoms with van der Waals surface area (Å²) in [4.78, 5) is 0. The summed E-state index contributed by atoms with van der Waals surface area (Å²) in [5.41, 5.74) is 2.72. The smallest absolute Gasteiger partial charge is 0.0408 e. The summed E-state index contributed by atoms with van der Waals surface area (Å²) in [7, 11) is 0. The standard InChI is InChI=1S/C10H13Cl/c1-3-4-9-5-6-10(11)7-8(9)2/h5-7H,3-4H2,1-2H3. The van der Waals surface area contributed by atoms with Gasteiger partial charge in [0.2, 0.25) is 0 Å². The lowest BCUT2D eigenvalue weighted by molar-refractivity contribution is 0.913. The van der Waals surface area contributed by atoms with Gasteiger partial charge in [0.1, 0.15) is 0 Å². The molecule has 1 aromatic carbocycles. The highest BCUT2D eigenvalue weighted by molar-refractivity contribution is 6.30. The van der Waals surface area contributed by atoms with Gasteiger partial charge < -0.3 is 0 Å². The van der Waals surface area contributed by atoms with Crippen LogP contribution in [0.25, 0.3) is 0 Å². The summed E-state index contributed by atoms with van der Waals surface area (Å²) in [5, 5.41) is 0.836. The highest BCUT2D eigenvalue weighted by atomic mass is 35.5. The van der Waals surface area contributed by atoms with Crippen LogP contribution in [-0.4, -0.2) is 0 Å². The number of halogens is 1. The SMILES string of the molecule is CCCc1ccc(Cl)cc1C. The minimum atomic E-state index is 0.836. The maximum atomic E-state index is 5.82. The molecule has 0 spiro atoms. The molecule has 60 valence electrons. The van der Waals surface area contributed by atoms with Crippen LogP contribution in [0.5, 0.6) is 0 Å². The van der Waals surface area contributed by atoms with E-state index in [2.05, 4.69) is 19.9 Å². The third-order valence-electron chi connectivity index (χ3n) is 1.82. The second kappa shape index (κ2) is 3.77. The molecule has 0 amide bonds. The number of hydrogen-bond donors (Lipinski definition) is 0. The van der Waals surface area contributed by atoms with Gasteiger partial charge in [0.15, 0.2) is 0 Å². The van der Waals surface area contributed by atoms with Crippen molar-refractivity contribution in [3.8, 4) is 0 Å². The van der Waals surface area contributed by atoms with Crippen LogP contribution in [0.3, 0.4) is 0 Å². The van der Waals surface area contributed by atoms with E-state index in [1.165, 1.54) is 17.5 Å². The van der Waals surface area contributed by atoms with Gasteiger partial charge in [-0.15, -0.1) is 0 Å². The van der Waals surface area contributed by atoms with Crippen LogP contribution in [0, 0.1) is 6.92 Å². The molecular weight excluding hydrogens is 156 g/mol. The normalized spacial score (nSPS) is 10.1. The Morgan fingerprint density at radius 3 is 2.64 bits per heavy atom. The zero-order valence-electron chi connectivity index (χ0n) is 7.02. The molecule has 0 aliphatic heterocycles. The zero-order chi connectivity index (χ0) is 8.27. The van der Waals surface area contributed by atoms with Gasteiger partial charge >= 0.3 is 0 Å². The van der Waals surface area contributed by atoms with Crippen molar-refractivity contribution >= 4 is 11.6 Å². The molecule has 0 saturated carbocycles. The molecule has 0 fully saturated rings. The van der Waals surface area contributed by atoms with Crippen molar-refractivity contribution in [3.63, 3.8) is 0 Å². The second-order valence-electron chi connectivity index (χ2n) is 2.82. The van der Waals surface area contributed by atoms with Crippen LogP contribution in [0.4, 0.5) is 0 Å². The monoisotopic (exact) mass is 168 g/mol. The van der Waals surface area contributed by atoms with Gasteiger partial charge in [-0.1, -0.05) is 31.0 Å². The molecule has 11 heavy (non-hydrogen) atoms. The molecule has 1 aromatic rings. The van der Waals surface area contributed by atoms with E-state index in [1.54, 1.807) is 0 Å². The van der Waals surface area contributed by atoms with Crippen LogP contribution in [0.1, 0.15) is 24.5 Å². The molecule has 0 atom stereocenters. The Labute approximate surface area is 73.2 Å². The summed E-state index contributed by atoms with van der Waals surface area (Å²) < 4.78 is 0. The van der Waals surface area contributed by atoms with E-state index in [1.807, 2.05) is 12.1 Å². The Hall–Kier alpha value is -0.490. The molecule has 1 heteroatoms. The predicted octanol–water partition coefficient (Wildman–Crippen LogP) is 3.60. The van der Waals surface area contributed by atoms with Gasteiger partial charge in [0.05, 0.1) is 0 Å². The Balaban J connectivity index is 2.90.